The minimum Gasteiger partial charge on any atom is -0.481 e. The number of aliphatic carboxylic acids is 1. The van der Waals surface area contributed by atoms with Gasteiger partial charge in [-0.25, -0.2) is 0 Å². The van der Waals surface area contributed by atoms with E-state index in [2.05, 4.69) is 0 Å². The van der Waals surface area contributed by atoms with Crippen molar-refractivity contribution in [2.45, 2.75) is 26.2 Å². The lowest BCUT2D eigenvalue weighted by Crippen LogP contribution is -2.16. The maximum Gasteiger partial charge on any atom is 0.306 e. The van der Waals surface area contributed by atoms with Gasteiger partial charge in [0.2, 0.25) is 0 Å². The van der Waals surface area contributed by atoms with E-state index in [9.17, 15) is 4.79 Å². The fourth-order valence-corrected chi connectivity index (χ4v) is 1.88. The van der Waals surface area contributed by atoms with Crippen molar-refractivity contribution in [2.75, 3.05) is 19.0 Å². The lowest BCUT2D eigenvalue weighted by Gasteiger charge is -2.14. The Bertz CT molecular complexity index is 357. The van der Waals surface area contributed by atoms with Crippen LogP contribution in [0.2, 0.25) is 0 Å². The first-order chi connectivity index (χ1) is 8.04. The van der Waals surface area contributed by atoms with Gasteiger partial charge in [0.25, 0.3) is 0 Å². The summed E-state index contributed by atoms with van der Waals surface area (Å²) >= 11 is 0. The molecule has 0 bridgehead atoms. The number of nitrogens with zero attached hydrogens (tertiary/aromatic N) is 1. The van der Waals surface area contributed by atoms with Crippen molar-refractivity contribution in [3.8, 4) is 0 Å². The van der Waals surface area contributed by atoms with E-state index >= 15 is 0 Å². The summed E-state index contributed by atoms with van der Waals surface area (Å²) < 4.78 is 0. The molecule has 0 saturated carbocycles. The van der Waals surface area contributed by atoms with Crippen molar-refractivity contribution in [3.63, 3.8) is 0 Å². The molecule has 0 radical (unpaired) electrons. The highest BCUT2D eigenvalue weighted by Crippen LogP contribution is 2.18. The van der Waals surface area contributed by atoms with Crippen molar-refractivity contribution >= 4 is 11.7 Å². The van der Waals surface area contributed by atoms with Crippen molar-refractivity contribution in [2.24, 2.45) is 5.92 Å². The fraction of sp³-hybridized carbons (Fsp3) is 0.500. The zero-order valence-electron chi connectivity index (χ0n) is 10.8. The highest BCUT2D eigenvalue weighted by atomic mass is 16.4. The van der Waals surface area contributed by atoms with E-state index in [1.54, 1.807) is 0 Å². The van der Waals surface area contributed by atoms with Crippen molar-refractivity contribution in [1.82, 2.24) is 0 Å². The molecule has 1 aromatic carbocycles. The molecule has 3 heteroatoms. The second-order valence-electron chi connectivity index (χ2n) is 4.59. The number of rotatable bonds is 6. The summed E-state index contributed by atoms with van der Waals surface area (Å²) in [5.41, 5.74) is 2.23. The van der Waals surface area contributed by atoms with Crippen LogP contribution in [0.3, 0.4) is 0 Å². The molecule has 0 aromatic heterocycles. The molecule has 17 heavy (non-hydrogen) atoms. The summed E-state index contributed by atoms with van der Waals surface area (Å²) in [6.07, 6.45) is 2.27. The molecule has 0 spiro atoms. The summed E-state index contributed by atoms with van der Waals surface area (Å²) in [5.74, 6) is -0.950. The Morgan fingerprint density at radius 3 is 2.29 bits per heavy atom. The van der Waals surface area contributed by atoms with Gasteiger partial charge in [-0.2, -0.15) is 0 Å². The molecule has 0 aliphatic carbocycles. The van der Waals surface area contributed by atoms with E-state index in [-0.39, 0.29) is 5.92 Å². The van der Waals surface area contributed by atoms with Crippen LogP contribution >= 0.6 is 0 Å². The maximum atomic E-state index is 11.1. The molecule has 0 amide bonds. The Kier molecular flexibility index (Phi) is 5.01. The van der Waals surface area contributed by atoms with Crippen LogP contribution in [-0.4, -0.2) is 25.2 Å². The van der Waals surface area contributed by atoms with Gasteiger partial charge in [-0.15, -0.1) is 0 Å². The number of carboxylic acids is 1. The van der Waals surface area contributed by atoms with Gasteiger partial charge in [0.05, 0.1) is 5.92 Å². The largest absolute Gasteiger partial charge is 0.481 e. The third-order valence-electron chi connectivity index (χ3n) is 2.92. The first-order valence-corrected chi connectivity index (χ1v) is 6.03. The van der Waals surface area contributed by atoms with E-state index in [4.69, 9.17) is 5.11 Å². The molecule has 0 fully saturated rings. The van der Waals surface area contributed by atoms with Crippen LogP contribution in [0.5, 0.6) is 0 Å². The molecular weight excluding hydrogens is 214 g/mol. The van der Waals surface area contributed by atoms with Gasteiger partial charge in [-0.1, -0.05) is 25.5 Å². The minimum absolute atomic E-state index is 0.259. The summed E-state index contributed by atoms with van der Waals surface area (Å²) in [6.45, 7) is 2.02. The van der Waals surface area contributed by atoms with E-state index in [0.29, 0.717) is 6.42 Å². The van der Waals surface area contributed by atoms with Crippen LogP contribution in [0.15, 0.2) is 24.3 Å². The number of hydrogen-bond donors (Lipinski definition) is 1. The molecule has 3 nitrogen and oxygen atoms in total. The molecule has 0 aliphatic heterocycles. The molecule has 1 rings (SSSR count). The monoisotopic (exact) mass is 235 g/mol. The first-order valence-electron chi connectivity index (χ1n) is 6.03. The Labute approximate surface area is 103 Å². The Morgan fingerprint density at radius 1 is 1.29 bits per heavy atom. The average molecular weight is 235 g/mol. The highest BCUT2D eigenvalue weighted by molar-refractivity contribution is 5.70. The Balaban J connectivity index is 2.70. The molecule has 1 N–H and O–H groups in total. The molecule has 0 saturated heterocycles. The van der Waals surface area contributed by atoms with Crippen LogP contribution in [0.25, 0.3) is 0 Å². The number of anilines is 1. The number of benzene rings is 1. The van der Waals surface area contributed by atoms with Crippen LogP contribution in [0.1, 0.15) is 25.3 Å². The maximum absolute atomic E-state index is 11.1. The predicted octanol–water partition coefficient (Wildman–Crippen LogP) is 2.80. The standard InChI is InChI=1S/C14H21NO2/c1-4-5-12(14(16)17)10-11-6-8-13(9-7-11)15(2)3/h6-9,12H,4-5,10H2,1-3H3,(H,16,17). The minimum atomic E-state index is -0.691. The van der Waals surface area contributed by atoms with Crippen molar-refractivity contribution in [1.29, 1.82) is 0 Å². The molecule has 0 heterocycles. The predicted molar refractivity (Wildman–Crippen MR) is 70.5 cm³/mol. The van der Waals surface area contributed by atoms with Gasteiger partial charge in [-0.05, 0) is 30.5 Å². The summed E-state index contributed by atoms with van der Waals surface area (Å²) in [5, 5.41) is 9.10. The number of hydrogen-bond acceptors (Lipinski definition) is 2. The van der Waals surface area contributed by atoms with Gasteiger partial charge in [0, 0.05) is 19.8 Å². The third kappa shape index (κ3) is 4.10. The average Bonchev–Trinajstić information content (AvgIpc) is 2.29. The van der Waals surface area contributed by atoms with Crippen molar-refractivity contribution in [3.05, 3.63) is 29.8 Å². The second-order valence-corrected chi connectivity index (χ2v) is 4.59. The topological polar surface area (TPSA) is 40.5 Å². The van der Waals surface area contributed by atoms with Crippen molar-refractivity contribution < 1.29 is 9.90 Å². The first kappa shape index (κ1) is 13.6. The molecule has 1 aromatic rings. The van der Waals surface area contributed by atoms with Gasteiger partial charge in [0.1, 0.15) is 0 Å². The number of carboxylic acid groups (broad SMARTS) is 1. The molecule has 1 atom stereocenters. The fourth-order valence-electron chi connectivity index (χ4n) is 1.88. The van der Waals surface area contributed by atoms with Gasteiger partial charge >= 0.3 is 5.97 Å². The zero-order chi connectivity index (χ0) is 12.8. The van der Waals surface area contributed by atoms with Crippen LogP contribution in [0, 0.1) is 5.92 Å². The van der Waals surface area contributed by atoms with Gasteiger partial charge < -0.3 is 10.0 Å². The van der Waals surface area contributed by atoms with E-state index in [0.717, 1.165) is 24.1 Å². The Hall–Kier alpha value is -1.51. The zero-order valence-corrected chi connectivity index (χ0v) is 10.8. The Morgan fingerprint density at radius 2 is 1.88 bits per heavy atom. The lowest BCUT2D eigenvalue weighted by molar-refractivity contribution is -0.141. The molecule has 94 valence electrons. The van der Waals surface area contributed by atoms with Gasteiger partial charge in [0.15, 0.2) is 0 Å². The van der Waals surface area contributed by atoms with E-state index in [1.165, 1.54) is 0 Å². The van der Waals surface area contributed by atoms with E-state index < -0.39 is 5.97 Å². The second kappa shape index (κ2) is 6.28. The smallest absolute Gasteiger partial charge is 0.306 e. The van der Waals surface area contributed by atoms with Crippen LogP contribution in [-0.2, 0) is 11.2 Å². The summed E-state index contributed by atoms with van der Waals surface area (Å²) in [4.78, 5) is 13.1. The lowest BCUT2D eigenvalue weighted by atomic mass is 9.95. The quantitative estimate of drug-likeness (QED) is 0.824. The molecule has 1 unspecified atom stereocenters. The normalized spacial score (nSPS) is 12.2. The van der Waals surface area contributed by atoms with Crippen LogP contribution in [0.4, 0.5) is 5.69 Å². The third-order valence-corrected chi connectivity index (χ3v) is 2.92. The highest BCUT2D eigenvalue weighted by Gasteiger charge is 2.16. The summed E-state index contributed by atoms with van der Waals surface area (Å²) in [6, 6.07) is 8.09. The SMILES string of the molecule is CCCC(Cc1ccc(N(C)C)cc1)C(=O)O. The molecule has 0 aliphatic rings. The van der Waals surface area contributed by atoms with Gasteiger partial charge in [-0.3, -0.25) is 4.79 Å². The molecular formula is C14H21NO2. The number of carbonyl (C=O) groups is 1. The van der Waals surface area contributed by atoms with Crippen LogP contribution < -0.4 is 4.90 Å². The summed E-state index contributed by atoms with van der Waals surface area (Å²) in [7, 11) is 3.98. The van der Waals surface area contributed by atoms with E-state index in [1.807, 2.05) is 50.2 Å².